The Bertz CT molecular complexity index is 1370. The average molecular weight is 591 g/mol. The van der Waals surface area contributed by atoms with E-state index in [9.17, 15) is 27.5 Å². The van der Waals surface area contributed by atoms with Gasteiger partial charge in [-0.3, -0.25) is 4.90 Å². The van der Waals surface area contributed by atoms with Crippen LogP contribution in [-0.4, -0.2) is 77.4 Å². The Morgan fingerprint density at radius 3 is 2.17 bits per heavy atom. The first-order valence-corrected chi connectivity index (χ1v) is 12.7. The van der Waals surface area contributed by atoms with Crippen LogP contribution in [0.15, 0.2) is 77.8 Å². The predicted octanol–water partition coefficient (Wildman–Crippen LogP) is 4.95. The van der Waals surface area contributed by atoms with Crippen LogP contribution in [0.1, 0.15) is 21.5 Å². The Balaban J connectivity index is 0.000000616. The first kappa shape index (κ1) is 31.9. The number of carboxylic acids is 2. The Morgan fingerprint density at radius 2 is 1.60 bits per heavy atom. The van der Waals surface area contributed by atoms with E-state index in [1.165, 1.54) is 6.07 Å². The maximum Gasteiger partial charge on any atom is 0.490 e. The third kappa shape index (κ3) is 9.77. The summed E-state index contributed by atoms with van der Waals surface area (Å²) in [5.41, 5.74) is 2.70. The van der Waals surface area contributed by atoms with Gasteiger partial charge in [0.05, 0.1) is 19.2 Å². The molecule has 9 nitrogen and oxygen atoms in total. The summed E-state index contributed by atoms with van der Waals surface area (Å²) in [6.45, 7) is 4.03. The summed E-state index contributed by atoms with van der Waals surface area (Å²) < 4.78 is 51.1. The van der Waals surface area contributed by atoms with E-state index in [0.29, 0.717) is 24.6 Å². The lowest BCUT2D eigenvalue weighted by atomic mass is 10.2. The van der Waals surface area contributed by atoms with Gasteiger partial charge in [0, 0.05) is 44.0 Å². The maximum atomic E-state index is 14.1. The smallest absolute Gasteiger partial charge is 0.490 e. The SMILES string of the molecule is COc1cccc(CN=C(Nc2ccc(C(=O)O)cc2)N2CCN(Cc3ccccc3F)CC2)c1.O=C(O)C(F)(F)F. The number of halogens is 4. The number of ether oxygens (including phenoxy) is 1. The highest BCUT2D eigenvalue weighted by molar-refractivity contribution is 5.94. The van der Waals surface area contributed by atoms with Crippen LogP contribution >= 0.6 is 0 Å². The molecular weight excluding hydrogens is 560 g/mol. The maximum absolute atomic E-state index is 14.1. The van der Waals surface area contributed by atoms with Gasteiger partial charge in [-0.2, -0.15) is 13.2 Å². The molecule has 0 unspecified atom stereocenters. The Kier molecular flexibility index (Phi) is 11.3. The van der Waals surface area contributed by atoms with E-state index in [1.54, 1.807) is 37.4 Å². The molecule has 1 fully saturated rings. The van der Waals surface area contributed by atoms with Gasteiger partial charge in [0.15, 0.2) is 5.96 Å². The fraction of sp³-hybridized carbons (Fsp3) is 0.276. The highest BCUT2D eigenvalue weighted by Gasteiger charge is 2.38. The molecule has 0 aromatic heterocycles. The quantitative estimate of drug-likeness (QED) is 0.201. The normalized spacial score (nSPS) is 14.0. The zero-order valence-electron chi connectivity index (χ0n) is 22.6. The van der Waals surface area contributed by atoms with Crippen LogP contribution in [-0.2, 0) is 17.9 Å². The van der Waals surface area contributed by atoms with E-state index in [4.69, 9.17) is 19.6 Å². The first-order valence-electron chi connectivity index (χ1n) is 12.7. The van der Waals surface area contributed by atoms with Crippen LogP contribution in [0.5, 0.6) is 5.75 Å². The number of hydrogen-bond donors (Lipinski definition) is 3. The second-order valence-corrected chi connectivity index (χ2v) is 9.16. The van der Waals surface area contributed by atoms with Crippen LogP contribution < -0.4 is 10.1 Å². The molecule has 0 radical (unpaired) electrons. The summed E-state index contributed by atoms with van der Waals surface area (Å²) in [4.78, 5) is 29.3. The number of aliphatic imine (C=N–C) groups is 1. The number of carbonyl (C=O) groups is 2. The number of anilines is 1. The van der Waals surface area contributed by atoms with E-state index in [0.717, 1.165) is 43.2 Å². The van der Waals surface area contributed by atoms with E-state index in [1.807, 2.05) is 36.4 Å². The monoisotopic (exact) mass is 590 g/mol. The molecule has 0 spiro atoms. The van der Waals surface area contributed by atoms with Crippen LogP contribution in [0.2, 0.25) is 0 Å². The Labute approximate surface area is 239 Å². The van der Waals surface area contributed by atoms with E-state index in [-0.39, 0.29) is 11.4 Å². The molecular formula is C29H30F4N4O5. The fourth-order valence-electron chi connectivity index (χ4n) is 3.97. The van der Waals surface area contributed by atoms with Crippen molar-refractivity contribution in [3.63, 3.8) is 0 Å². The summed E-state index contributed by atoms with van der Waals surface area (Å²) in [6.07, 6.45) is -5.08. The van der Waals surface area contributed by atoms with Gasteiger partial charge in [-0.1, -0.05) is 30.3 Å². The van der Waals surface area contributed by atoms with Crippen LogP contribution in [0.25, 0.3) is 0 Å². The summed E-state index contributed by atoms with van der Waals surface area (Å²) in [7, 11) is 1.64. The lowest BCUT2D eigenvalue weighted by molar-refractivity contribution is -0.192. The molecule has 0 amide bonds. The van der Waals surface area contributed by atoms with Crippen molar-refractivity contribution in [1.82, 2.24) is 9.80 Å². The van der Waals surface area contributed by atoms with Gasteiger partial charge in [0.1, 0.15) is 11.6 Å². The van der Waals surface area contributed by atoms with E-state index >= 15 is 0 Å². The first-order chi connectivity index (χ1) is 20.0. The molecule has 3 aromatic rings. The molecule has 1 aliphatic heterocycles. The van der Waals surface area contributed by atoms with Gasteiger partial charge >= 0.3 is 18.1 Å². The number of guanidine groups is 1. The fourth-order valence-corrected chi connectivity index (χ4v) is 3.97. The number of methoxy groups -OCH3 is 1. The van der Waals surface area contributed by atoms with Crippen LogP contribution in [0.4, 0.5) is 23.2 Å². The number of aliphatic carboxylic acids is 1. The minimum Gasteiger partial charge on any atom is -0.497 e. The lowest BCUT2D eigenvalue weighted by Crippen LogP contribution is -2.50. The summed E-state index contributed by atoms with van der Waals surface area (Å²) in [5, 5.41) is 19.7. The predicted molar refractivity (Wildman–Crippen MR) is 148 cm³/mol. The lowest BCUT2D eigenvalue weighted by Gasteiger charge is -2.36. The number of piperazine rings is 1. The molecule has 0 aliphatic carbocycles. The van der Waals surface area contributed by atoms with Gasteiger partial charge < -0.3 is 25.2 Å². The van der Waals surface area contributed by atoms with Crippen molar-refractivity contribution in [3.8, 4) is 5.75 Å². The summed E-state index contributed by atoms with van der Waals surface area (Å²) >= 11 is 0. The molecule has 1 heterocycles. The number of carboxylic acid groups (broad SMARTS) is 2. The van der Waals surface area contributed by atoms with Crippen molar-refractivity contribution in [2.24, 2.45) is 4.99 Å². The van der Waals surface area contributed by atoms with Crippen LogP contribution in [0.3, 0.4) is 0 Å². The van der Waals surface area contributed by atoms with Crippen LogP contribution in [0, 0.1) is 5.82 Å². The standard InChI is InChI=1S/C27H29FN4O3.C2HF3O2/c1-35-24-7-4-5-20(17-24)18-29-27(30-23-11-9-21(10-12-23)26(33)34)32-15-13-31(14-16-32)19-22-6-2-3-8-25(22)28;3-2(4,5)1(6)7/h2-12,17H,13-16,18-19H2,1H3,(H,29,30)(H,33,34);(H,6,7). The second-order valence-electron chi connectivity index (χ2n) is 9.16. The van der Waals surface area contributed by atoms with Crippen molar-refractivity contribution in [1.29, 1.82) is 0 Å². The van der Waals surface area contributed by atoms with Crippen molar-refractivity contribution < 1.29 is 42.1 Å². The van der Waals surface area contributed by atoms with Crippen molar-refractivity contribution in [2.45, 2.75) is 19.3 Å². The molecule has 4 rings (SSSR count). The average Bonchev–Trinajstić information content (AvgIpc) is 2.97. The molecule has 0 bridgehead atoms. The van der Waals surface area contributed by atoms with Gasteiger partial charge in [0.25, 0.3) is 0 Å². The van der Waals surface area contributed by atoms with E-state index in [2.05, 4.69) is 15.1 Å². The molecule has 1 saturated heterocycles. The molecule has 3 N–H and O–H groups in total. The second kappa shape index (κ2) is 14.8. The number of aromatic carboxylic acids is 1. The summed E-state index contributed by atoms with van der Waals surface area (Å²) in [6, 6.07) is 21.3. The van der Waals surface area contributed by atoms with Gasteiger partial charge in [-0.05, 0) is 48.0 Å². The highest BCUT2D eigenvalue weighted by atomic mass is 19.4. The molecule has 0 atom stereocenters. The number of nitrogens with zero attached hydrogens (tertiary/aromatic N) is 3. The topological polar surface area (TPSA) is 115 Å². The molecule has 42 heavy (non-hydrogen) atoms. The number of nitrogens with one attached hydrogen (secondary N) is 1. The number of hydrogen-bond acceptors (Lipinski definition) is 5. The number of rotatable bonds is 7. The zero-order chi connectivity index (χ0) is 30.7. The Morgan fingerprint density at radius 1 is 0.952 bits per heavy atom. The molecule has 224 valence electrons. The summed E-state index contributed by atoms with van der Waals surface area (Å²) in [5.74, 6) is -2.41. The third-order valence-corrected chi connectivity index (χ3v) is 6.20. The van der Waals surface area contributed by atoms with Gasteiger partial charge in [-0.15, -0.1) is 0 Å². The molecule has 13 heteroatoms. The van der Waals surface area contributed by atoms with Crippen molar-refractivity contribution >= 4 is 23.6 Å². The van der Waals surface area contributed by atoms with Crippen molar-refractivity contribution in [2.75, 3.05) is 38.6 Å². The van der Waals surface area contributed by atoms with E-state index < -0.39 is 18.1 Å². The molecule has 1 aliphatic rings. The molecule has 3 aromatic carbocycles. The van der Waals surface area contributed by atoms with Gasteiger partial charge in [-0.25, -0.2) is 19.0 Å². The zero-order valence-corrected chi connectivity index (χ0v) is 22.6. The minimum atomic E-state index is -5.08. The van der Waals surface area contributed by atoms with Gasteiger partial charge in [0.2, 0.25) is 0 Å². The third-order valence-electron chi connectivity index (χ3n) is 6.20. The Hall–Kier alpha value is -4.65. The largest absolute Gasteiger partial charge is 0.497 e. The number of alkyl halides is 3. The minimum absolute atomic E-state index is 0.179. The highest BCUT2D eigenvalue weighted by Crippen LogP contribution is 2.17. The molecule has 0 saturated carbocycles. The van der Waals surface area contributed by atoms with Crippen molar-refractivity contribution in [3.05, 3.63) is 95.3 Å². The number of benzene rings is 3.